The van der Waals surface area contributed by atoms with Crippen LogP contribution in [0.25, 0.3) is 0 Å². The van der Waals surface area contributed by atoms with E-state index >= 15 is 0 Å². The van der Waals surface area contributed by atoms with Gasteiger partial charge in [-0.3, -0.25) is 0 Å². The summed E-state index contributed by atoms with van der Waals surface area (Å²) in [5.41, 5.74) is -0.239. The largest absolute Gasteiger partial charge is 0.453 e. The van der Waals surface area contributed by atoms with Crippen molar-refractivity contribution in [2.45, 2.75) is 44.6 Å². The van der Waals surface area contributed by atoms with Crippen LogP contribution in [0, 0.1) is 0 Å². The molecule has 0 saturated heterocycles. The fourth-order valence-electron chi connectivity index (χ4n) is 1.77. The Morgan fingerprint density at radius 2 is 2.00 bits per heavy atom. The normalized spacial score (nSPS) is 20.1. The zero-order chi connectivity index (χ0) is 10.6. The van der Waals surface area contributed by atoms with Crippen LogP contribution in [0.2, 0.25) is 0 Å². The van der Waals surface area contributed by atoms with Gasteiger partial charge in [0, 0.05) is 5.57 Å². The smallest absolute Gasteiger partial charge is 0.333 e. The number of aliphatic hydroxyl groups is 1. The first kappa shape index (κ1) is 11.2. The molecule has 1 rings (SSSR count). The standard InChI is InChI=1S/C11H18O3/c1-9(2)10(13)14-11(8-12)6-4-3-5-7-11/h12H,1,3-8H2,2H3. The maximum Gasteiger partial charge on any atom is 0.333 e. The van der Waals surface area contributed by atoms with Crippen molar-refractivity contribution >= 4 is 5.97 Å². The zero-order valence-electron chi connectivity index (χ0n) is 8.71. The van der Waals surface area contributed by atoms with E-state index in [1.54, 1.807) is 6.92 Å². The molecule has 3 heteroatoms. The Balaban J connectivity index is 2.60. The summed E-state index contributed by atoms with van der Waals surface area (Å²) < 4.78 is 5.30. The molecule has 0 spiro atoms. The van der Waals surface area contributed by atoms with Crippen LogP contribution in [0.4, 0.5) is 0 Å². The van der Waals surface area contributed by atoms with E-state index < -0.39 is 5.60 Å². The number of carbonyl (C=O) groups excluding carboxylic acids is 1. The van der Waals surface area contributed by atoms with E-state index in [9.17, 15) is 9.90 Å². The minimum absolute atomic E-state index is 0.0774. The molecule has 0 radical (unpaired) electrons. The molecular weight excluding hydrogens is 180 g/mol. The number of aliphatic hydroxyl groups excluding tert-OH is 1. The lowest BCUT2D eigenvalue weighted by Crippen LogP contribution is -2.41. The third-order valence-electron chi connectivity index (χ3n) is 2.71. The predicted octanol–water partition coefficient (Wildman–Crippen LogP) is 1.80. The van der Waals surface area contributed by atoms with Crippen LogP contribution in [0.15, 0.2) is 12.2 Å². The molecule has 1 aliphatic carbocycles. The molecule has 0 amide bonds. The van der Waals surface area contributed by atoms with E-state index in [1.807, 2.05) is 0 Å². The zero-order valence-corrected chi connectivity index (χ0v) is 8.71. The molecule has 1 aliphatic rings. The topological polar surface area (TPSA) is 46.5 Å². The van der Waals surface area contributed by atoms with Crippen LogP contribution in [-0.4, -0.2) is 23.3 Å². The molecule has 0 aromatic heterocycles. The van der Waals surface area contributed by atoms with Crippen molar-refractivity contribution in [2.24, 2.45) is 0 Å². The predicted molar refractivity (Wildman–Crippen MR) is 53.8 cm³/mol. The second kappa shape index (κ2) is 4.60. The first-order valence-corrected chi connectivity index (χ1v) is 5.09. The number of hydrogen-bond donors (Lipinski definition) is 1. The lowest BCUT2D eigenvalue weighted by molar-refractivity contribution is -0.163. The van der Waals surface area contributed by atoms with Crippen molar-refractivity contribution in [2.75, 3.05) is 6.61 Å². The second-order valence-corrected chi connectivity index (χ2v) is 4.07. The molecule has 80 valence electrons. The molecule has 0 aromatic carbocycles. The molecule has 3 nitrogen and oxygen atoms in total. The highest BCUT2D eigenvalue weighted by molar-refractivity contribution is 5.87. The maximum atomic E-state index is 11.3. The van der Waals surface area contributed by atoms with Gasteiger partial charge >= 0.3 is 5.97 Å². The van der Waals surface area contributed by atoms with Gasteiger partial charge in [0.1, 0.15) is 5.60 Å². The maximum absolute atomic E-state index is 11.3. The fraction of sp³-hybridized carbons (Fsp3) is 0.727. The van der Waals surface area contributed by atoms with Crippen molar-refractivity contribution < 1.29 is 14.6 Å². The van der Waals surface area contributed by atoms with Gasteiger partial charge in [-0.1, -0.05) is 13.0 Å². The van der Waals surface area contributed by atoms with E-state index in [4.69, 9.17) is 4.74 Å². The van der Waals surface area contributed by atoms with Gasteiger partial charge in [-0.2, -0.15) is 0 Å². The van der Waals surface area contributed by atoms with E-state index in [2.05, 4.69) is 6.58 Å². The molecule has 0 aromatic rings. The molecule has 0 bridgehead atoms. The lowest BCUT2D eigenvalue weighted by Gasteiger charge is -2.35. The summed E-state index contributed by atoms with van der Waals surface area (Å²) in [7, 11) is 0. The molecule has 1 fully saturated rings. The van der Waals surface area contributed by atoms with Gasteiger partial charge in [-0.25, -0.2) is 4.79 Å². The van der Waals surface area contributed by atoms with Crippen LogP contribution in [0.3, 0.4) is 0 Å². The Kier molecular flexibility index (Phi) is 3.69. The third-order valence-corrected chi connectivity index (χ3v) is 2.71. The molecule has 14 heavy (non-hydrogen) atoms. The van der Waals surface area contributed by atoms with E-state index in [-0.39, 0.29) is 12.6 Å². The SMILES string of the molecule is C=C(C)C(=O)OC1(CO)CCCCC1. The highest BCUT2D eigenvalue weighted by Gasteiger charge is 2.35. The van der Waals surface area contributed by atoms with E-state index in [1.165, 1.54) is 0 Å². The monoisotopic (exact) mass is 198 g/mol. The summed E-state index contributed by atoms with van der Waals surface area (Å²) in [4.78, 5) is 11.3. The average Bonchev–Trinajstić information content (AvgIpc) is 2.19. The molecular formula is C11H18O3. The minimum Gasteiger partial charge on any atom is -0.453 e. The molecule has 0 heterocycles. The highest BCUT2D eigenvalue weighted by Crippen LogP contribution is 2.31. The summed E-state index contributed by atoms with van der Waals surface area (Å²) in [6, 6.07) is 0. The van der Waals surface area contributed by atoms with Crippen molar-refractivity contribution in [1.82, 2.24) is 0 Å². The number of carbonyl (C=O) groups is 1. The van der Waals surface area contributed by atoms with Crippen LogP contribution >= 0.6 is 0 Å². The van der Waals surface area contributed by atoms with E-state index in [0.29, 0.717) is 5.57 Å². The van der Waals surface area contributed by atoms with Gasteiger partial charge in [0.15, 0.2) is 0 Å². The molecule has 0 atom stereocenters. The quantitative estimate of drug-likeness (QED) is 0.555. The minimum atomic E-state index is -0.631. The lowest BCUT2D eigenvalue weighted by atomic mass is 9.85. The molecule has 1 saturated carbocycles. The van der Waals surface area contributed by atoms with Gasteiger partial charge in [0.25, 0.3) is 0 Å². The van der Waals surface area contributed by atoms with Crippen molar-refractivity contribution in [1.29, 1.82) is 0 Å². The number of hydrogen-bond acceptors (Lipinski definition) is 3. The number of rotatable bonds is 3. The van der Waals surface area contributed by atoms with E-state index in [0.717, 1.165) is 32.1 Å². The Bertz CT molecular complexity index is 227. The van der Waals surface area contributed by atoms with Gasteiger partial charge in [0.05, 0.1) is 6.61 Å². The summed E-state index contributed by atoms with van der Waals surface area (Å²) in [6.07, 6.45) is 4.73. The number of ether oxygens (including phenoxy) is 1. The summed E-state index contributed by atoms with van der Waals surface area (Å²) >= 11 is 0. The van der Waals surface area contributed by atoms with Crippen molar-refractivity contribution in [3.05, 3.63) is 12.2 Å². The van der Waals surface area contributed by atoms with Gasteiger partial charge in [-0.15, -0.1) is 0 Å². The van der Waals surface area contributed by atoms with Gasteiger partial charge in [-0.05, 0) is 32.6 Å². The highest BCUT2D eigenvalue weighted by atomic mass is 16.6. The van der Waals surface area contributed by atoms with Crippen LogP contribution < -0.4 is 0 Å². The Labute approximate surface area is 84.8 Å². The molecule has 1 N–H and O–H groups in total. The third kappa shape index (κ3) is 2.58. The van der Waals surface area contributed by atoms with Crippen LogP contribution in [0.1, 0.15) is 39.0 Å². The Hall–Kier alpha value is -0.830. The first-order chi connectivity index (χ1) is 6.59. The fourth-order valence-corrected chi connectivity index (χ4v) is 1.77. The van der Waals surface area contributed by atoms with Crippen molar-refractivity contribution in [3.63, 3.8) is 0 Å². The Morgan fingerprint density at radius 3 is 2.43 bits per heavy atom. The summed E-state index contributed by atoms with van der Waals surface area (Å²) in [5.74, 6) is -0.388. The Morgan fingerprint density at radius 1 is 1.43 bits per heavy atom. The first-order valence-electron chi connectivity index (χ1n) is 5.09. The van der Waals surface area contributed by atoms with Crippen molar-refractivity contribution in [3.8, 4) is 0 Å². The van der Waals surface area contributed by atoms with Crippen LogP contribution in [-0.2, 0) is 9.53 Å². The van der Waals surface area contributed by atoms with Gasteiger partial charge < -0.3 is 9.84 Å². The molecule has 0 aliphatic heterocycles. The van der Waals surface area contributed by atoms with Crippen LogP contribution in [0.5, 0.6) is 0 Å². The average molecular weight is 198 g/mol. The molecule has 0 unspecified atom stereocenters. The summed E-state index contributed by atoms with van der Waals surface area (Å²) in [5, 5.41) is 9.27. The second-order valence-electron chi connectivity index (χ2n) is 4.07. The number of esters is 1. The summed E-state index contributed by atoms with van der Waals surface area (Å²) in [6.45, 7) is 5.07. The van der Waals surface area contributed by atoms with Gasteiger partial charge in [0.2, 0.25) is 0 Å².